The second-order valence-electron chi connectivity index (χ2n) is 11.8. The van der Waals surface area contributed by atoms with Crippen molar-refractivity contribution < 1.29 is 36.7 Å². The molecule has 2 saturated carbocycles. The normalized spacial score (nSPS) is 25.4. The number of likely N-dealkylation sites (N-methyl/N-ethyl adjacent to an activating group) is 1. The highest BCUT2D eigenvalue weighted by molar-refractivity contribution is 5.93. The molecule has 1 spiro atoms. The van der Waals surface area contributed by atoms with Gasteiger partial charge >= 0.3 is 12.1 Å². The summed E-state index contributed by atoms with van der Waals surface area (Å²) in [5, 5.41) is 15.0. The quantitative estimate of drug-likeness (QED) is 0.458. The van der Waals surface area contributed by atoms with Gasteiger partial charge in [0.15, 0.2) is 11.6 Å². The summed E-state index contributed by atoms with van der Waals surface area (Å²) in [7, 11) is 1.36. The van der Waals surface area contributed by atoms with Crippen LogP contribution in [0.5, 0.6) is 5.75 Å². The number of amides is 3. The number of carbonyl (C=O) groups is 3. The van der Waals surface area contributed by atoms with Crippen LogP contribution in [-0.4, -0.2) is 77.6 Å². The molecule has 1 aromatic carbocycles. The van der Waals surface area contributed by atoms with E-state index in [4.69, 9.17) is 4.74 Å². The van der Waals surface area contributed by atoms with Gasteiger partial charge in [0.25, 0.3) is 0 Å². The topological polar surface area (TPSA) is 115 Å². The molecule has 41 heavy (non-hydrogen) atoms. The lowest BCUT2D eigenvalue weighted by Crippen LogP contribution is -2.57. The second kappa shape index (κ2) is 11.1. The van der Waals surface area contributed by atoms with Gasteiger partial charge in [0.2, 0.25) is 11.8 Å². The third-order valence-electron chi connectivity index (χ3n) is 8.44. The molecule has 13 heteroatoms. The van der Waals surface area contributed by atoms with Crippen LogP contribution in [0.2, 0.25) is 0 Å². The number of benzene rings is 1. The zero-order valence-electron chi connectivity index (χ0n) is 22.7. The Morgan fingerprint density at radius 1 is 1.22 bits per heavy atom. The fraction of sp³-hybridized carbons (Fsp3) is 0.643. The van der Waals surface area contributed by atoms with E-state index in [-0.39, 0.29) is 49.9 Å². The molecule has 2 aliphatic heterocycles. The predicted molar refractivity (Wildman–Crippen MR) is 136 cm³/mol. The van der Waals surface area contributed by atoms with Gasteiger partial charge in [-0.25, -0.2) is 4.39 Å². The maximum absolute atomic E-state index is 14.7. The highest BCUT2D eigenvalue weighted by atomic mass is 19.4. The first-order valence-electron chi connectivity index (χ1n) is 13.9. The van der Waals surface area contributed by atoms with E-state index in [0.29, 0.717) is 12.1 Å². The molecule has 2 aliphatic carbocycles. The van der Waals surface area contributed by atoms with Crippen molar-refractivity contribution in [3.63, 3.8) is 0 Å². The minimum atomic E-state index is -5.15. The van der Waals surface area contributed by atoms with Crippen molar-refractivity contribution in [2.24, 2.45) is 11.8 Å². The van der Waals surface area contributed by atoms with Crippen LogP contribution in [0.25, 0.3) is 0 Å². The number of nitrogens with zero attached hydrogens (tertiary/aromatic N) is 3. The Kier molecular flexibility index (Phi) is 7.89. The number of nitrogens with one attached hydrogen (secondary N) is 2. The van der Waals surface area contributed by atoms with Gasteiger partial charge in [0, 0.05) is 32.1 Å². The van der Waals surface area contributed by atoms with Crippen molar-refractivity contribution in [3.8, 4) is 11.8 Å². The molecule has 3 amide bonds. The average Bonchev–Trinajstić information content (AvgIpc) is 3.85. The van der Waals surface area contributed by atoms with Gasteiger partial charge in [0.1, 0.15) is 23.7 Å². The van der Waals surface area contributed by atoms with Gasteiger partial charge in [-0.2, -0.15) is 18.4 Å². The van der Waals surface area contributed by atoms with Crippen molar-refractivity contribution in [2.75, 3.05) is 20.1 Å². The van der Waals surface area contributed by atoms with Crippen LogP contribution in [-0.2, 0) is 20.9 Å². The first kappa shape index (κ1) is 29.1. The minimum absolute atomic E-state index is 0.0213. The molecule has 2 heterocycles. The largest absolute Gasteiger partial charge is 0.481 e. The number of hydrogen-bond acceptors (Lipinski definition) is 6. The van der Waals surface area contributed by atoms with Crippen LogP contribution in [0.4, 0.5) is 17.6 Å². The van der Waals surface area contributed by atoms with Crippen LogP contribution in [0.3, 0.4) is 0 Å². The summed E-state index contributed by atoms with van der Waals surface area (Å²) in [6.07, 6.45) is -1.53. The van der Waals surface area contributed by atoms with Gasteiger partial charge in [0.05, 0.1) is 12.6 Å². The van der Waals surface area contributed by atoms with Crippen LogP contribution >= 0.6 is 0 Å². The molecule has 4 atom stereocenters. The number of nitriles is 1. The lowest BCUT2D eigenvalue weighted by molar-refractivity contribution is -0.175. The van der Waals surface area contributed by atoms with E-state index < -0.39 is 53.4 Å². The van der Waals surface area contributed by atoms with Crippen molar-refractivity contribution >= 4 is 17.7 Å². The Labute approximate surface area is 235 Å². The lowest BCUT2D eigenvalue weighted by Gasteiger charge is -2.35. The number of carbonyl (C=O) groups excluding carboxylic acids is 3. The van der Waals surface area contributed by atoms with Crippen molar-refractivity contribution in [3.05, 3.63) is 29.6 Å². The standard InChI is InChI=1S/C28H33F4N5O4/c1-36(24(38)21(9-16-5-6-16)35-26(40)28(30,31)32)22(10-17-7-8-17)25(39)37-15-27(11-19(37)12-33)14-34-13-18-3-2-4-20(29)23(18)41-27/h2-4,16-17,19,21-22,34H,5-11,13-15H2,1H3,(H,35,40). The van der Waals surface area contributed by atoms with Crippen molar-refractivity contribution in [1.82, 2.24) is 20.4 Å². The Bertz CT molecular complexity index is 1240. The zero-order chi connectivity index (χ0) is 29.5. The molecule has 222 valence electrons. The third-order valence-corrected chi connectivity index (χ3v) is 8.44. The molecule has 4 aliphatic rings. The van der Waals surface area contributed by atoms with Gasteiger partial charge in [-0.05, 0) is 30.7 Å². The molecule has 5 rings (SSSR count). The van der Waals surface area contributed by atoms with Gasteiger partial charge in [-0.3, -0.25) is 14.4 Å². The number of para-hydroxylation sites is 1. The Hall–Kier alpha value is -3.40. The summed E-state index contributed by atoms with van der Waals surface area (Å²) in [5.74, 6) is -3.82. The van der Waals surface area contributed by atoms with Crippen molar-refractivity contribution in [1.29, 1.82) is 5.26 Å². The van der Waals surface area contributed by atoms with Gasteiger partial charge in [-0.15, -0.1) is 0 Å². The molecule has 9 nitrogen and oxygen atoms in total. The number of fused-ring (bicyclic) bond motifs is 1. The zero-order valence-corrected chi connectivity index (χ0v) is 22.7. The van der Waals surface area contributed by atoms with Crippen LogP contribution in [0, 0.1) is 29.0 Å². The Morgan fingerprint density at radius 3 is 2.54 bits per heavy atom. The maximum atomic E-state index is 14.7. The predicted octanol–water partition coefficient (Wildman–Crippen LogP) is 2.65. The minimum Gasteiger partial charge on any atom is -0.481 e. The van der Waals surface area contributed by atoms with Crippen LogP contribution < -0.4 is 15.4 Å². The molecule has 1 saturated heterocycles. The Morgan fingerprint density at radius 2 is 1.90 bits per heavy atom. The first-order chi connectivity index (χ1) is 19.4. The molecular weight excluding hydrogens is 546 g/mol. The fourth-order valence-corrected chi connectivity index (χ4v) is 5.81. The highest BCUT2D eigenvalue weighted by Crippen LogP contribution is 2.40. The summed E-state index contributed by atoms with van der Waals surface area (Å²) in [6, 6.07) is 3.31. The van der Waals surface area contributed by atoms with Crippen LogP contribution in [0.15, 0.2) is 18.2 Å². The molecule has 0 bridgehead atoms. The molecule has 2 N–H and O–H groups in total. The second-order valence-corrected chi connectivity index (χ2v) is 11.8. The maximum Gasteiger partial charge on any atom is 0.471 e. The number of ether oxygens (including phenoxy) is 1. The van der Waals surface area contributed by atoms with Crippen LogP contribution in [0.1, 0.15) is 50.5 Å². The molecule has 4 unspecified atom stereocenters. The summed E-state index contributed by atoms with van der Waals surface area (Å²) >= 11 is 0. The summed E-state index contributed by atoms with van der Waals surface area (Å²) < 4.78 is 60.0. The smallest absolute Gasteiger partial charge is 0.471 e. The first-order valence-corrected chi connectivity index (χ1v) is 13.9. The van der Waals surface area contributed by atoms with E-state index in [1.807, 2.05) is 5.32 Å². The molecule has 0 radical (unpaired) electrons. The van der Waals surface area contributed by atoms with E-state index in [0.717, 1.165) is 30.6 Å². The molecular formula is C28H33F4N5O4. The average molecular weight is 580 g/mol. The van der Waals surface area contributed by atoms with E-state index in [9.17, 15) is 37.2 Å². The third kappa shape index (κ3) is 6.42. The van der Waals surface area contributed by atoms with Gasteiger partial charge < -0.3 is 25.2 Å². The summed E-state index contributed by atoms with van der Waals surface area (Å²) in [6.45, 7) is 0.552. The number of rotatable bonds is 8. The summed E-state index contributed by atoms with van der Waals surface area (Å²) in [4.78, 5) is 41.8. The van der Waals surface area contributed by atoms with Crippen molar-refractivity contribution in [2.45, 2.75) is 81.4 Å². The number of hydrogen-bond donors (Lipinski definition) is 2. The molecule has 0 aromatic heterocycles. The van der Waals surface area contributed by atoms with E-state index >= 15 is 0 Å². The Balaban J connectivity index is 1.37. The SMILES string of the molecule is CN(C(=O)C(CC1CC1)NC(=O)C(F)(F)F)C(CC1CC1)C(=O)N1CC2(CNCc3cccc(F)c3O2)CC1C#N. The number of alkyl halides is 3. The fourth-order valence-electron chi connectivity index (χ4n) is 5.81. The number of halogens is 4. The van der Waals surface area contributed by atoms with E-state index in [2.05, 4.69) is 11.4 Å². The monoisotopic (exact) mass is 579 g/mol. The highest BCUT2D eigenvalue weighted by Gasteiger charge is 2.52. The molecule has 1 aromatic rings. The summed E-state index contributed by atoms with van der Waals surface area (Å²) in [5.41, 5.74) is -0.481. The number of likely N-dealkylation sites (tertiary alicyclic amines) is 1. The van der Waals surface area contributed by atoms with E-state index in [1.54, 1.807) is 12.1 Å². The molecule has 3 fully saturated rings. The van der Waals surface area contributed by atoms with E-state index in [1.165, 1.54) is 18.0 Å². The lowest BCUT2D eigenvalue weighted by atomic mass is 10.0. The van der Waals surface area contributed by atoms with Gasteiger partial charge in [-0.1, -0.05) is 37.8 Å².